The Morgan fingerprint density at radius 2 is 2.32 bits per heavy atom. The highest BCUT2D eigenvalue weighted by Gasteiger charge is 2.28. The summed E-state index contributed by atoms with van der Waals surface area (Å²) in [5, 5.41) is 19.9. The third kappa shape index (κ3) is 3.16. The van der Waals surface area contributed by atoms with Gasteiger partial charge in [0.1, 0.15) is 11.5 Å². The highest BCUT2D eigenvalue weighted by molar-refractivity contribution is 7.12. The number of rotatable bonds is 2. The van der Waals surface area contributed by atoms with Gasteiger partial charge >= 0.3 is 0 Å². The molecule has 0 aromatic carbocycles. The zero-order chi connectivity index (χ0) is 13.7. The Balaban J connectivity index is 2.21. The molecule has 1 atom stereocenters. The maximum absolute atomic E-state index is 12.5. The number of hydrogen-bond acceptors (Lipinski definition) is 4. The van der Waals surface area contributed by atoms with Gasteiger partial charge < -0.3 is 15.1 Å². The van der Waals surface area contributed by atoms with Crippen molar-refractivity contribution in [3.8, 4) is 11.8 Å². The van der Waals surface area contributed by atoms with Crippen LogP contribution in [0, 0.1) is 11.8 Å². The minimum absolute atomic E-state index is 0.00870. The van der Waals surface area contributed by atoms with Crippen LogP contribution in [-0.2, 0) is 0 Å². The van der Waals surface area contributed by atoms with E-state index in [1.165, 1.54) is 11.3 Å². The molecule has 1 aliphatic rings. The van der Waals surface area contributed by atoms with E-state index in [9.17, 15) is 9.90 Å². The summed E-state index contributed by atoms with van der Waals surface area (Å²) >= 11 is 1.36. The molecule has 2 N–H and O–H groups in total. The number of aliphatic hydroxyl groups is 2. The molecule has 0 aliphatic carbocycles. The van der Waals surface area contributed by atoms with Crippen LogP contribution in [0.5, 0.6) is 0 Å². The van der Waals surface area contributed by atoms with Gasteiger partial charge in [0.15, 0.2) is 0 Å². The molecule has 1 saturated heterocycles. The predicted molar refractivity (Wildman–Crippen MR) is 74.0 cm³/mol. The van der Waals surface area contributed by atoms with Crippen LogP contribution in [0.15, 0.2) is 11.4 Å². The molecular weight excluding hydrogens is 262 g/mol. The number of likely N-dealkylation sites (tertiary alicyclic amines) is 1. The first-order valence-corrected chi connectivity index (χ1v) is 7.25. The summed E-state index contributed by atoms with van der Waals surface area (Å²) in [6.07, 6.45) is 2.88. The number of aliphatic hydroxyl groups excluding tert-OH is 2. The number of hydrogen-bond donors (Lipinski definition) is 2. The van der Waals surface area contributed by atoms with Gasteiger partial charge in [0.05, 0.1) is 12.6 Å². The zero-order valence-electron chi connectivity index (χ0n) is 10.6. The van der Waals surface area contributed by atoms with Gasteiger partial charge in [-0.05, 0) is 30.7 Å². The molecule has 1 aromatic rings. The van der Waals surface area contributed by atoms with Crippen LogP contribution >= 0.6 is 11.3 Å². The first-order valence-electron chi connectivity index (χ1n) is 6.37. The van der Waals surface area contributed by atoms with Gasteiger partial charge in [0, 0.05) is 12.1 Å². The van der Waals surface area contributed by atoms with Crippen molar-refractivity contribution in [2.45, 2.75) is 25.3 Å². The molecule has 1 unspecified atom stereocenters. The molecule has 19 heavy (non-hydrogen) atoms. The Labute approximate surface area is 116 Å². The maximum atomic E-state index is 12.5. The van der Waals surface area contributed by atoms with Gasteiger partial charge in [-0.25, -0.2) is 0 Å². The summed E-state index contributed by atoms with van der Waals surface area (Å²) in [5.74, 6) is 5.30. The van der Waals surface area contributed by atoms with Crippen LogP contribution in [-0.4, -0.2) is 46.8 Å². The van der Waals surface area contributed by atoms with E-state index in [2.05, 4.69) is 11.8 Å². The molecule has 4 nitrogen and oxygen atoms in total. The molecule has 0 saturated carbocycles. The summed E-state index contributed by atoms with van der Waals surface area (Å²) in [4.78, 5) is 14.9. The molecule has 1 amide bonds. The van der Waals surface area contributed by atoms with Crippen LogP contribution in [0.4, 0.5) is 0 Å². The van der Waals surface area contributed by atoms with Gasteiger partial charge in [-0.1, -0.05) is 11.8 Å². The fourth-order valence-corrected chi connectivity index (χ4v) is 3.10. The largest absolute Gasteiger partial charge is 0.394 e. The fourth-order valence-electron chi connectivity index (χ4n) is 2.30. The quantitative estimate of drug-likeness (QED) is 0.796. The van der Waals surface area contributed by atoms with Crippen molar-refractivity contribution >= 4 is 17.2 Å². The molecule has 2 heterocycles. The second-order valence-corrected chi connectivity index (χ2v) is 5.37. The molecule has 2 rings (SSSR count). The first kappa shape index (κ1) is 14.1. The van der Waals surface area contributed by atoms with Gasteiger partial charge in [-0.3, -0.25) is 4.79 Å². The van der Waals surface area contributed by atoms with E-state index >= 15 is 0 Å². The molecule has 5 heteroatoms. The average Bonchev–Trinajstić information content (AvgIpc) is 2.92. The number of carbonyl (C=O) groups is 1. The molecule has 1 fully saturated rings. The summed E-state index contributed by atoms with van der Waals surface area (Å²) in [6, 6.07) is 1.71. The smallest absolute Gasteiger partial charge is 0.265 e. The third-order valence-corrected chi connectivity index (χ3v) is 4.16. The highest BCUT2D eigenvalue weighted by Crippen LogP contribution is 2.23. The number of amides is 1. The molecule has 1 aromatic heterocycles. The molecule has 0 bridgehead atoms. The maximum Gasteiger partial charge on any atom is 0.265 e. The lowest BCUT2D eigenvalue weighted by atomic mass is 10.0. The van der Waals surface area contributed by atoms with Crippen LogP contribution in [0.1, 0.15) is 34.5 Å². The number of thiophene rings is 1. The normalized spacial score (nSPS) is 18.8. The average molecular weight is 279 g/mol. The Bertz CT molecular complexity index is 500. The van der Waals surface area contributed by atoms with Gasteiger partial charge in [0.2, 0.25) is 0 Å². The Morgan fingerprint density at radius 1 is 1.47 bits per heavy atom. The van der Waals surface area contributed by atoms with Crippen molar-refractivity contribution < 1.29 is 15.0 Å². The molecule has 0 radical (unpaired) electrons. The number of nitrogens with zero attached hydrogens (tertiary/aromatic N) is 1. The van der Waals surface area contributed by atoms with Crippen molar-refractivity contribution in [1.82, 2.24) is 4.90 Å². The van der Waals surface area contributed by atoms with Crippen LogP contribution < -0.4 is 0 Å². The van der Waals surface area contributed by atoms with Crippen LogP contribution in [0.2, 0.25) is 0 Å². The first-order chi connectivity index (χ1) is 9.27. The van der Waals surface area contributed by atoms with Crippen molar-refractivity contribution in [1.29, 1.82) is 0 Å². The van der Waals surface area contributed by atoms with Crippen molar-refractivity contribution in [3.63, 3.8) is 0 Å². The highest BCUT2D eigenvalue weighted by atomic mass is 32.1. The van der Waals surface area contributed by atoms with E-state index in [0.29, 0.717) is 17.0 Å². The van der Waals surface area contributed by atoms with E-state index in [4.69, 9.17) is 5.11 Å². The van der Waals surface area contributed by atoms with Crippen LogP contribution in [0.3, 0.4) is 0 Å². The summed E-state index contributed by atoms with van der Waals surface area (Å²) in [5.41, 5.74) is 0.659. The Hall–Kier alpha value is -1.35. The zero-order valence-corrected chi connectivity index (χ0v) is 11.4. The standard InChI is InChI=1S/C14H17NO3S/c16-8-3-4-11-6-9-19-13(11)14(18)15-7-2-1-5-12(15)10-17/h6,9,12,16-17H,1-2,5,7-8,10H2. The third-order valence-electron chi connectivity index (χ3n) is 3.26. The van der Waals surface area contributed by atoms with Gasteiger partial charge in [-0.2, -0.15) is 0 Å². The summed E-state index contributed by atoms with van der Waals surface area (Å²) in [6.45, 7) is 0.482. The lowest BCUT2D eigenvalue weighted by Gasteiger charge is -2.34. The molecule has 1 aliphatic heterocycles. The summed E-state index contributed by atoms with van der Waals surface area (Å²) in [7, 11) is 0. The number of carbonyl (C=O) groups excluding carboxylic acids is 1. The molecular formula is C14H17NO3S. The second-order valence-electron chi connectivity index (χ2n) is 4.45. The SMILES string of the molecule is O=C(c1sccc1C#CCO)N1CCCCC1CO. The topological polar surface area (TPSA) is 60.8 Å². The monoisotopic (exact) mass is 279 g/mol. The van der Waals surface area contributed by atoms with E-state index in [1.807, 2.05) is 5.38 Å². The van der Waals surface area contributed by atoms with E-state index in [1.54, 1.807) is 11.0 Å². The minimum Gasteiger partial charge on any atom is -0.394 e. The Kier molecular flexibility index (Phi) is 4.97. The van der Waals surface area contributed by atoms with E-state index < -0.39 is 0 Å². The number of piperidine rings is 1. The van der Waals surface area contributed by atoms with Crippen molar-refractivity contribution in [3.05, 3.63) is 21.9 Å². The lowest BCUT2D eigenvalue weighted by Crippen LogP contribution is -2.45. The fraction of sp³-hybridized carbons (Fsp3) is 0.500. The molecule has 0 spiro atoms. The van der Waals surface area contributed by atoms with Gasteiger partial charge in [0.25, 0.3) is 5.91 Å². The van der Waals surface area contributed by atoms with Crippen molar-refractivity contribution in [2.75, 3.05) is 19.8 Å². The minimum atomic E-state index is -0.216. The Morgan fingerprint density at radius 3 is 3.05 bits per heavy atom. The van der Waals surface area contributed by atoms with E-state index in [0.717, 1.165) is 19.3 Å². The lowest BCUT2D eigenvalue weighted by molar-refractivity contribution is 0.0507. The van der Waals surface area contributed by atoms with Gasteiger partial charge in [-0.15, -0.1) is 11.3 Å². The predicted octanol–water partition coefficient (Wildman–Crippen LogP) is 1.08. The van der Waals surface area contributed by atoms with Crippen molar-refractivity contribution in [2.24, 2.45) is 0 Å². The van der Waals surface area contributed by atoms with Crippen LogP contribution in [0.25, 0.3) is 0 Å². The van der Waals surface area contributed by atoms with E-state index in [-0.39, 0.29) is 25.2 Å². The summed E-state index contributed by atoms with van der Waals surface area (Å²) < 4.78 is 0. The second kappa shape index (κ2) is 6.71. The molecule has 102 valence electrons.